The predicted octanol–water partition coefficient (Wildman–Crippen LogP) is 0.957. The highest BCUT2D eigenvalue weighted by Gasteiger charge is 2.15. The Balaban J connectivity index is 2.52. The third-order valence-electron chi connectivity index (χ3n) is 2.72. The molecular formula is C13H18N2O5S2. The van der Waals surface area contributed by atoms with Crippen molar-refractivity contribution in [2.24, 2.45) is 5.14 Å². The molecule has 22 heavy (non-hydrogen) atoms. The first-order chi connectivity index (χ1) is 10.2. The average Bonchev–Trinajstić information content (AvgIpc) is 2.46. The van der Waals surface area contributed by atoms with E-state index in [1.54, 1.807) is 6.92 Å². The Morgan fingerprint density at radius 3 is 2.41 bits per heavy atom. The summed E-state index contributed by atoms with van der Waals surface area (Å²) >= 11 is 1.33. The minimum Gasteiger partial charge on any atom is -0.469 e. The molecule has 0 saturated carbocycles. The number of carbonyl (C=O) groups is 2. The summed E-state index contributed by atoms with van der Waals surface area (Å²) in [6.07, 6.45) is 0.238. The first-order valence-corrected chi connectivity index (χ1v) is 8.95. The minimum absolute atomic E-state index is 0.0222. The van der Waals surface area contributed by atoms with Crippen LogP contribution in [0, 0.1) is 0 Å². The van der Waals surface area contributed by atoms with E-state index >= 15 is 0 Å². The normalized spacial score (nSPS) is 12.5. The minimum atomic E-state index is -3.75. The van der Waals surface area contributed by atoms with E-state index in [1.807, 2.05) is 0 Å². The van der Waals surface area contributed by atoms with Gasteiger partial charge in [0.25, 0.3) is 0 Å². The molecule has 0 spiro atoms. The molecule has 0 unspecified atom stereocenters. The lowest BCUT2D eigenvalue weighted by Crippen LogP contribution is -2.23. The zero-order chi connectivity index (χ0) is 16.8. The Kier molecular flexibility index (Phi) is 6.85. The summed E-state index contributed by atoms with van der Waals surface area (Å²) in [7, 11) is -2.43. The van der Waals surface area contributed by atoms with E-state index in [0.29, 0.717) is 11.4 Å². The quantitative estimate of drug-likeness (QED) is 0.710. The molecule has 0 aliphatic heterocycles. The van der Waals surface area contributed by atoms with Gasteiger partial charge in [-0.3, -0.25) is 9.59 Å². The maximum atomic E-state index is 11.9. The number of primary sulfonamides is 1. The number of rotatable bonds is 7. The SMILES string of the molecule is COC(=O)CCS[C@H](C)C(=O)Nc1ccc(S(N)(=O)=O)cc1. The van der Waals surface area contributed by atoms with Crippen LogP contribution in [0.2, 0.25) is 0 Å². The highest BCUT2D eigenvalue weighted by atomic mass is 32.2. The Hall–Kier alpha value is -1.58. The smallest absolute Gasteiger partial charge is 0.306 e. The van der Waals surface area contributed by atoms with Crippen molar-refractivity contribution in [2.45, 2.75) is 23.5 Å². The zero-order valence-corrected chi connectivity index (χ0v) is 13.9. The van der Waals surface area contributed by atoms with Crippen LogP contribution in [0.5, 0.6) is 0 Å². The molecule has 0 heterocycles. The molecule has 0 radical (unpaired) electrons. The highest BCUT2D eigenvalue weighted by molar-refractivity contribution is 8.00. The number of benzene rings is 1. The molecule has 0 aliphatic carbocycles. The van der Waals surface area contributed by atoms with E-state index in [0.717, 1.165) is 0 Å². The number of methoxy groups -OCH3 is 1. The van der Waals surface area contributed by atoms with Crippen LogP contribution in [-0.4, -0.2) is 38.4 Å². The van der Waals surface area contributed by atoms with Crippen molar-refractivity contribution in [1.82, 2.24) is 0 Å². The van der Waals surface area contributed by atoms with E-state index in [4.69, 9.17) is 5.14 Å². The molecular weight excluding hydrogens is 328 g/mol. The van der Waals surface area contributed by atoms with Gasteiger partial charge in [-0.05, 0) is 31.2 Å². The number of carbonyl (C=O) groups excluding carboxylic acids is 2. The number of nitrogens with two attached hydrogens (primary N) is 1. The maximum absolute atomic E-state index is 11.9. The second kappa shape index (κ2) is 8.16. The summed E-state index contributed by atoms with van der Waals surface area (Å²) in [6.45, 7) is 1.72. The molecule has 7 nitrogen and oxygen atoms in total. The average molecular weight is 346 g/mol. The van der Waals surface area contributed by atoms with Crippen LogP contribution in [0.15, 0.2) is 29.2 Å². The van der Waals surface area contributed by atoms with Crippen LogP contribution < -0.4 is 10.5 Å². The zero-order valence-electron chi connectivity index (χ0n) is 12.2. The molecule has 0 bridgehead atoms. The van der Waals surface area contributed by atoms with Crippen molar-refractivity contribution in [3.63, 3.8) is 0 Å². The molecule has 0 aliphatic rings. The lowest BCUT2D eigenvalue weighted by molar-refractivity contribution is -0.140. The second-order valence-electron chi connectivity index (χ2n) is 4.40. The molecule has 3 N–H and O–H groups in total. The van der Waals surface area contributed by atoms with Crippen molar-refractivity contribution >= 4 is 39.3 Å². The van der Waals surface area contributed by atoms with E-state index in [-0.39, 0.29) is 28.4 Å². The van der Waals surface area contributed by atoms with Gasteiger partial charge in [0, 0.05) is 11.4 Å². The molecule has 1 rings (SSSR count). The first kappa shape index (κ1) is 18.5. The number of thioether (sulfide) groups is 1. The summed E-state index contributed by atoms with van der Waals surface area (Å²) in [4.78, 5) is 22.9. The third-order valence-corrected chi connectivity index (χ3v) is 4.80. The predicted molar refractivity (Wildman–Crippen MR) is 85.0 cm³/mol. The molecule has 1 aromatic rings. The maximum Gasteiger partial charge on any atom is 0.306 e. The van der Waals surface area contributed by atoms with Gasteiger partial charge in [0.15, 0.2) is 0 Å². The van der Waals surface area contributed by atoms with Gasteiger partial charge in [0.1, 0.15) is 0 Å². The van der Waals surface area contributed by atoms with Crippen LogP contribution in [0.25, 0.3) is 0 Å². The van der Waals surface area contributed by atoms with Gasteiger partial charge in [-0.15, -0.1) is 11.8 Å². The largest absolute Gasteiger partial charge is 0.469 e. The third kappa shape index (κ3) is 6.04. The molecule has 0 aromatic heterocycles. The molecule has 0 saturated heterocycles. The fraction of sp³-hybridized carbons (Fsp3) is 0.385. The molecule has 0 fully saturated rings. The van der Waals surface area contributed by atoms with Crippen molar-refractivity contribution in [3.05, 3.63) is 24.3 Å². The number of anilines is 1. The second-order valence-corrected chi connectivity index (χ2v) is 7.41. The number of amides is 1. The van der Waals surface area contributed by atoms with Crippen LogP contribution in [0.1, 0.15) is 13.3 Å². The van der Waals surface area contributed by atoms with Gasteiger partial charge < -0.3 is 10.1 Å². The highest BCUT2D eigenvalue weighted by Crippen LogP contribution is 2.17. The monoisotopic (exact) mass is 346 g/mol. The molecule has 9 heteroatoms. The number of ether oxygens (including phenoxy) is 1. The Labute approximate surface area is 133 Å². The summed E-state index contributed by atoms with van der Waals surface area (Å²) in [5, 5.41) is 7.29. The number of hydrogen-bond donors (Lipinski definition) is 2. The molecule has 1 atom stereocenters. The number of hydrogen-bond acceptors (Lipinski definition) is 6. The van der Waals surface area contributed by atoms with E-state index < -0.39 is 10.0 Å². The summed E-state index contributed by atoms with van der Waals surface area (Å²) in [5.74, 6) is -0.0806. The van der Waals surface area contributed by atoms with Gasteiger partial charge in [-0.2, -0.15) is 0 Å². The number of esters is 1. The Bertz CT molecular complexity index is 628. The van der Waals surface area contributed by atoms with E-state index in [2.05, 4.69) is 10.1 Å². The van der Waals surface area contributed by atoms with Crippen LogP contribution in [0.4, 0.5) is 5.69 Å². The van der Waals surface area contributed by atoms with Gasteiger partial charge in [-0.25, -0.2) is 13.6 Å². The van der Waals surface area contributed by atoms with Crippen LogP contribution in [0.3, 0.4) is 0 Å². The van der Waals surface area contributed by atoms with E-state index in [9.17, 15) is 18.0 Å². The van der Waals surface area contributed by atoms with Gasteiger partial charge in [-0.1, -0.05) is 0 Å². The van der Waals surface area contributed by atoms with Crippen molar-refractivity contribution in [2.75, 3.05) is 18.2 Å². The summed E-state index contributed by atoms with van der Waals surface area (Å²) in [5.41, 5.74) is 0.470. The van der Waals surface area contributed by atoms with Gasteiger partial charge >= 0.3 is 5.97 Å². The molecule has 122 valence electrons. The summed E-state index contributed by atoms with van der Waals surface area (Å²) < 4.78 is 26.8. The fourth-order valence-electron chi connectivity index (χ4n) is 1.47. The number of nitrogens with one attached hydrogen (secondary N) is 1. The topological polar surface area (TPSA) is 116 Å². The van der Waals surface area contributed by atoms with Crippen molar-refractivity contribution in [3.8, 4) is 0 Å². The first-order valence-electron chi connectivity index (χ1n) is 6.36. The fourth-order valence-corrected chi connectivity index (χ4v) is 2.83. The van der Waals surface area contributed by atoms with Gasteiger partial charge in [0.05, 0.1) is 23.7 Å². The van der Waals surface area contributed by atoms with Crippen molar-refractivity contribution < 1.29 is 22.7 Å². The summed E-state index contributed by atoms with van der Waals surface area (Å²) in [6, 6.07) is 5.56. The lowest BCUT2D eigenvalue weighted by atomic mass is 10.3. The number of sulfonamides is 1. The standard InChI is InChI=1S/C13H18N2O5S2/c1-9(21-8-7-12(16)20-2)13(17)15-10-3-5-11(6-4-10)22(14,18)19/h3-6,9H,7-8H2,1-2H3,(H,15,17)(H2,14,18,19)/t9-/m1/s1. The van der Waals surface area contributed by atoms with Crippen LogP contribution >= 0.6 is 11.8 Å². The lowest BCUT2D eigenvalue weighted by Gasteiger charge is -2.12. The molecule has 1 amide bonds. The Morgan fingerprint density at radius 1 is 1.32 bits per heavy atom. The van der Waals surface area contributed by atoms with E-state index in [1.165, 1.54) is 43.1 Å². The molecule has 1 aromatic carbocycles. The van der Waals surface area contributed by atoms with Crippen molar-refractivity contribution in [1.29, 1.82) is 0 Å². The Morgan fingerprint density at radius 2 is 1.91 bits per heavy atom. The van der Waals surface area contributed by atoms with Gasteiger partial charge in [0.2, 0.25) is 15.9 Å². The van der Waals surface area contributed by atoms with Crippen LogP contribution in [-0.2, 0) is 24.3 Å².